The lowest BCUT2D eigenvalue weighted by atomic mass is 9.66. The minimum absolute atomic E-state index is 0.317. The second kappa shape index (κ2) is 7.26. The molecule has 0 bridgehead atoms. The number of aliphatic hydroxyl groups is 2. The van der Waals surface area contributed by atoms with E-state index in [0.29, 0.717) is 23.9 Å². The van der Waals surface area contributed by atoms with E-state index < -0.39 is 5.60 Å². The van der Waals surface area contributed by atoms with E-state index in [4.69, 9.17) is 0 Å². The molecule has 0 aromatic carbocycles. The van der Waals surface area contributed by atoms with Crippen molar-refractivity contribution in [1.82, 2.24) is 0 Å². The summed E-state index contributed by atoms with van der Waals surface area (Å²) in [5, 5.41) is 19.5. The zero-order valence-electron chi connectivity index (χ0n) is 14.3. The third-order valence-corrected chi connectivity index (χ3v) is 5.75. The lowest BCUT2D eigenvalue weighted by Crippen LogP contribution is -2.34. The molecule has 4 atom stereocenters. The molecule has 0 radical (unpaired) electrons. The van der Waals surface area contributed by atoms with Gasteiger partial charge in [0.2, 0.25) is 0 Å². The van der Waals surface area contributed by atoms with Gasteiger partial charge in [-0.25, -0.2) is 0 Å². The van der Waals surface area contributed by atoms with Crippen LogP contribution in [0, 0.1) is 23.2 Å². The van der Waals surface area contributed by atoms with Gasteiger partial charge in [0, 0.05) is 6.61 Å². The first-order valence-corrected chi connectivity index (χ1v) is 8.58. The van der Waals surface area contributed by atoms with Crippen molar-refractivity contribution >= 4 is 0 Å². The molecule has 1 fully saturated rings. The average Bonchev–Trinajstić information content (AvgIpc) is 2.64. The molecular formula is C18H36O2. The molecule has 1 rings (SSSR count). The molecule has 1 aliphatic rings. The molecule has 0 spiro atoms. The number of hydrogen-bond acceptors (Lipinski definition) is 2. The first kappa shape index (κ1) is 18.0. The van der Waals surface area contributed by atoms with E-state index in [0.717, 1.165) is 18.8 Å². The van der Waals surface area contributed by atoms with E-state index >= 15 is 0 Å². The van der Waals surface area contributed by atoms with Crippen LogP contribution in [0.1, 0.15) is 79.6 Å². The van der Waals surface area contributed by atoms with E-state index in [9.17, 15) is 10.2 Å². The van der Waals surface area contributed by atoms with Gasteiger partial charge in [-0.05, 0) is 62.7 Å². The zero-order valence-corrected chi connectivity index (χ0v) is 14.3. The molecule has 4 unspecified atom stereocenters. The van der Waals surface area contributed by atoms with Gasteiger partial charge < -0.3 is 10.2 Å². The Morgan fingerprint density at radius 2 is 1.95 bits per heavy atom. The van der Waals surface area contributed by atoms with Crippen molar-refractivity contribution in [3.05, 3.63) is 0 Å². The SMILES string of the molecule is CCCC1(C)C(CO)CCC1C(C)CCCC(C)(C)O. The summed E-state index contributed by atoms with van der Waals surface area (Å²) in [4.78, 5) is 0. The fourth-order valence-electron chi connectivity index (χ4n) is 4.56. The molecule has 1 saturated carbocycles. The number of rotatable bonds is 8. The molecule has 0 heterocycles. The Labute approximate surface area is 126 Å². The van der Waals surface area contributed by atoms with Gasteiger partial charge in [-0.3, -0.25) is 0 Å². The maximum atomic E-state index is 9.83. The van der Waals surface area contributed by atoms with Crippen LogP contribution in [0.3, 0.4) is 0 Å². The Hall–Kier alpha value is -0.0800. The fraction of sp³-hybridized carbons (Fsp3) is 1.00. The Kier molecular flexibility index (Phi) is 6.53. The van der Waals surface area contributed by atoms with Crippen LogP contribution >= 0.6 is 0 Å². The number of hydrogen-bond donors (Lipinski definition) is 2. The van der Waals surface area contributed by atoms with Crippen molar-refractivity contribution in [3.63, 3.8) is 0 Å². The molecule has 0 aromatic heterocycles. The molecule has 120 valence electrons. The van der Waals surface area contributed by atoms with E-state index in [-0.39, 0.29) is 0 Å². The summed E-state index contributed by atoms with van der Waals surface area (Å²) in [5.41, 5.74) is -0.215. The van der Waals surface area contributed by atoms with Crippen LogP contribution in [0.5, 0.6) is 0 Å². The molecule has 0 saturated heterocycles. The zero-order chi connectivity index (χ0) is 15.4. The molecule has 2 heteroatoms. The largest absolute Gasteiger partial charge is 0.396 e. The average molecular weight is 284 g/mol. The van der Waals surface area contributed by atoms with Gasteiger partial charge in [0.1, 0.15) is 0 Å². The summed E-state index contributed by atoms with van der Waals surface area (Å²) in [6.45, 7) is 11.2. The molecule has 0 amide bonds. The molecular weight excluding hydrogens is 248 g/mol. The van der Waals surface area contributed by atoms with Gasteiger partial charge in [0.15, 0.2) is 0 Å². The van der Waals surface area contributed by atoms with E-state index in [1.165, 1.54) is 32.1 Å². The highest BCUT2D eigenvalue weighted by Gasteiger charge is 2.46. The maximum Gasteiger partial charge on any atom is 0.0591 e. The van der Waals surface area contributed by atoms with Crippen LogP contribution < -0.4 is 0 Å². The topological polar surface area (TPSA) is 40.5 Å². The summed E-state index contributed by atoms with van der Waals surface area (Å²) in [5.74, 6) is 1.93. The normalized spacial score (nSPS) is 32.5. The second-order valence-electron chi connectivity index (χ2n) is 8.00. The summed E-state index contributed by atoms with van der Waals surface area (Å²) >= 11 is 0. The van der Waals surface area contributed by atoms with E-state index in [2.05, 4.69) is 20.8 Å². The van der Waals surface area contributed by atoms with Crippen LogP contribution in [0.4, 0.5) is 0 Å². The van der Waals surface area contributed by atoms with Crippen LogP contribution in [0.15, 0.2) is 0 Å². The van der Waals surface area contributed by atoms with Crippen LogP contribution in [0.25, 0.3) is 0 Å². The van der Waals surface area contributed by atoms with E-state index in [1.54, 1.807) is 0 Å². The van der Waals surface area contributed by atoms with Gasteiger partial charge >= 0.3 is 0 Å². The van der Waals surface area contributed by atoms with Gasteiger partial charge in [-0.15, -0.1) is 0 Å². The highest BCUT2D eigenvalue weighted by Crippen LogP contribution is 2.54. The highest BCUT2D eigenvalue weighted by atomic mass is 16.3. The van der Waals surface area contributed by atoms with Crippen molar-refractivity contribution in [2.24, 2.45) is 23.2 Å². The smallest absolute Gasteiger partial charge is 0.0591 e. The summed E-state index contributed by atoms with van der Waals surface area (Å²) in [6, 6.07) is 0. The molecule has 2 N–H and O–H groups in total. The van der Waals surface area contributed by atoms with Crippen molar-refractivity contribution < 1.29 is 10.2 Å². The Bertz CT molecular complexity index is 282. The Balaban J connectivity index is 2.59. The maximum absolute atomic E-state index is 9.83. The molecule has 0 aliphatic heterocycles. The Morgan fingerprint density at radius 1 is 1.30 bits per heavy atom. The van der Waals surface area contributed by atoms with Crippen LogP contribution in [0.2, 0.25) is 0 Å². The minimum Gasteiger partial charge on any atom is -0.396 e. The van der Waals surface area contributed by atoms with Crippen LogP contribution in [-0.4, -0.2) is 22.4 Å². The molecule has 20 heavy (non-hydrogen) atoms. The minimum atomic E-state index is -0.532. The fourth-order valence-corrected chi connectivity index (χ4v) is 4.56. The molecule has 0 aromatic rings. The van der Waals surface area contributed by atoms with Crippen molar-refractivity contribution in [1.29, 1.82) is 0 Å². The number of aliphatic hydroxyl groups excluding tert-OH is 1. The quantitative estimate of drug-likeness (QED) is 0.694. The molecule has 1 aliphatic carbocycles. The van der Waals surface area contributed by atoms with Gasteiger partial charge in [-0.2, -0.15) is 0 Å². The predicted octanol–water partition coefficient (Wildman–Crippen LogP) is 4.39. The second-order valence-corrected chi connectivity index (χ2v) is 8.00. The third-order valence-electron chi connectivity index (χ3n) is 5.75. The lowest BCUT2D eigenvalue weighted by Gasteiger charge is -2.39. The third kappa shape index (κ3) is 4.46. The van der Waals surface area contributed by atoms with Crippen LogP contribution in [-0.2, 0) is 0 Å². The van der Waals surface area contributed by atoms with Crippen molar-refractivity contribution in [3.8, 4) is 0 Å². The summed E-state index contributed by atoms with van der Waals surface area (Å²) < 4.78 is 0. The lowest BCUT2D eigenvalue weighted by molar-refractivity contribution is 0.0502. The van der Waals surface area contributed by atoms with E-state index in [1.807, 2.05) is 13.8 Å². The first-order chi connectivity index (χ1) is 9.24. The summed E-state index contributed by atoms with van der Waals surface area (Å²) in [6.07, 6.45) is 8.09. The highest BCUT2D eigenvalue weighted by molar-refractivity contribution is 4.96. The Morgan fingerprint density at radius 3 is 2.45 bits per heavy atom. The molecule has 2 nitrogen and oxygen atoms in total. The van der Waals surface area contributed by atoms with Gasteiger partial charge in [0.05, 0.1) is 5.60 Å². The summed E-state index contributed by atoms with van der Waals surface area (Å²) in [7, 11) is 0. The first-order valence-electron chi connectivity index (χ1n) is 8.58. The van der Waals surface area contributed by atoms with Crippen molar-refractivity contribution in [2.45, 2.75) is 85.2 Å². The van der Waals surface area contributed by atoms with Crippen molar-refractivity contribution in [2.75, 3.05) is 6.61 Å². The van der Waals surface area contributed by atoms with Gasteiger partial charge in [-0.1, -0.05) is 40.0 Å². The monoisotopic (exact) mass is 284 g/mol. The van der Waals surface area contributed by atoms with Gasteiger partial charge in [0.25, 0.3) is 0 Å². The standard InChI is InChI=1S/C18H36O2/c1-6-11-18(5)15(13-19)9-10-16(18)14(2)8-7-12-17(3,4)20/h14-16,19-20H,6-13H2,1-5H3. The predicted molar refractivity (Wildman–Crippen MR) is 85.6 cm³/mol.